The van der Waals surface area contributed by atoms with E-state index < -0.39 is 0 Å². The van der Waals surface area contributed by atoms with Gasteiger partial charge in [-0.15, -0.1) is 0 Å². The lowest BCUT2D eigenvalue weighted by atomic mass is 9.86. The molecule has 0 unspecified atom stereocenters. The van der Waals surface area contributed by atoms with Crippen LogP contribution in [0.3, 0.4) is 0 Å². The van der Waals surface area contributed by atoms with Crippen LogP contribution in [0.1, 0.15) is 39.5 Å². The van der Waals surface area contributed by atoms with Crippen molar-refractivity contribution in [3.8, 4) is 0 Å². The average molecular weight is 224 g/mol. The van der Waals surface area contributed by atoms with Crippen molar-refractivity contribution in [1.82, 2.24) is 4.90 Å². The Kier molecular flexibility index (Phi) is 3.24. The molecular formula is C13H24N2O. The molecule has 0 aromatic rings. The molecule has 92 valence electrons. The summed E-state index contributed by atoms with van der Waals surface area (Å²) < 4.78 is 0. The van der Waals surface area contributed by atoms with E-state index in [1.54, 1.807) is 0 Å². The Morgan fingerprint density at radius 1 is 1.38 bits per heavy atom. The molecule has 1 heterocycles. The van der Waals surface area contributed by atoms with Gasteiger partial charge in [-0.25, -0.2) is 0 Å². The quantitative estimate of drug-likeness (QED) is 0.792. The van der Waals surface area contributed by atoms with Gasteiger partial charge in [0.15, 0.2) is 0 Å². The van der Waals surface area contributed by atoms with Crippen molar-refractivity contribution in [3.05, 3.63) is 0 Å². The summed E-state index contributed by atoms with van der Waals surface area (Å²) in [5.74, 6) is 1.89. The third-order valence-electron chi connectivity index (χ3n) is 4.47. The Morgan fingerprint density at radius 2 is 1.94 bits per heavy atom. The first-order valence-corrected chi connectivity index (χ1v) is 6.58. The maximum absolute atomic E-state index is 12.2. The molecule has 0 aromatic heterocycles. The molecule has 2 fully saturated rings. The summed E-state index contributed by atoms with van der Waals surface area (Å²) in [6, 6.07) is 0. The largest absolute Gasteiger partial charge is 0.342 e. The van der Waals surface area contributed by atoms with Gasteiger partial charge in [-0.1, -0.05) is 13.8 Å². The minimum Gasteiger partial charge on any atom is -0.342 e. The molecule has 0 aromatic carbocycles. The van der Waals surface area contributed by atoms with Gasteiger partial charge < -0.3 is 10.6 Å². The smallest absolute Gasteiger partial charge is 0.230 e. The number of likely N-dealkylation sites (tertiary alicyclic amines) is 1. The Labute approximate surface area is 98.4 Å². The molecular weight excluding hydrogens is 200 g/mol. The van der Waals surface area contributed by atoms with Gasteiger partial charge >= 0.3 is 0 Å². The SMILES string of the molecule is CC(C)C1CCN(C(=O)C2(CN)CC2)CC1. The number of carbonyl (C=O) groups is 1. The second kappa shape index (κ2) is 4.36. The summed E-state index contributed by atoms with van der Waals surface area (Å²) in [7, 11) is 0. The molecule has 3 heteroatoms. The molecule has 0 radical (unpaired) electrons. The predicted molar refractivity (Wildman–Crippen MR) is 64.9 cm³/mol. The zero-order chi connectivity index (χ0) is 11.8. The van der Waals surface area contributed by atoms with Crippen molar-refractivity contribution in [2.24, 2.45) is 23.0 Å². The monoisotopic (exact) mass is 224 g/mol. The summed E-state index contributed by atoms with van der Waals surface area (Å²) in [5, 5.41) is 0. The zero-order valence-corrected chi connectivity index (χ0v) is 10.5. The average Bonchev–Trinajstić information content (AvgIpc) is 3.09. The van der Waals surface area contributed by atoms with Gasteiger partial charge in [0.25, 0.3) is 0 Å². The minimum atomic E-state index is -0.148. The van der Waals surface area contributed by atoms with Gasteiger partial charge in [0, 0.05) is 19.6 Å². The van der Waals surface area contributed by atoms with Crippen molar-refractivity contribution in [3.63, 3.8) is 0 Å². The highest BCUT2D eigenvalue weighted by atomic mass is 16.2. The van der Waals surface area contributed by atoms with Crippen LogP contribution in [0.25, 0.3) is 0 Å². The molecule has 1 saturated carbocycles. The molecule has 0 spiro atoms. The van der Waals surface area contributed by atoms with Gasteiger partial charge in [-0.05, 0) is 37.5 Å². The number of piperidine rings is 1. The Bertz CT molecular complexity index is 263. The van der Waals surface area contributed by atoms with E-state index in [9.17, 15) is 4.79 Å². The van der Waals surface area contributed by atoms with Crippen LogP contribution >= 0.6 is 0 Å². The Hall–Kier alpha value is -0.570. The third-order valence-corrected chi connectivity index (χ3v) is 4.47. The molecule has 1 saturated heterocycles. The summed E-state index contributed by atoms with van der Waals surface area (Å²) in [5.41, 5.74) is 5.56. The van der Waals surface area contributed by atoms with Gasteiger partial charge in [-0.3, -0.25) is 4.79 Å². The van der Waals surface area contributed by atoms with E-state index in [1.165, 1.54) is 12.8 Å². The summed E-state index contributed by atoms with van der Waals surface area (Å²) in [6.45, 7) is 7.00. The number of nitrogens with zero attached hydrogens (tertiary/aromatic N) is 1. The van der Waals surface area contributed by atoms with E-state index in [-0.39, 0.29) is 5.41 Å². The van der Waals surface area contributed by atoms with E-state index in [0.717, 1.165) is 37.8 Å². The molecule has 1 aliphatic carbocycles. The Balaban J connectivity index is 1.87. The number of rotatable bonds is 3. The fourth-order valence-corrected chi connectivity index (χ4v) is 2.76. The van der Waals surface area contributed by atoms with Crippen LogP contribution in [0.5, 0.6) is 0 Å². The van der Waals surface area contributed by atoms with Gasteiger partial charge in [-0.2, -0.15) is 0 Å². The number of nitrogens with two attached hydrogens (primary N) is 1. The first kappa shape index (κ1) is 11.9. The van der Waals surface area contributed by atoms with Crippen LogP contribution in [0, 0.1) is 17.3 Å². The lowest BCUT2D eigenvalue weighted by molar-refractivity contribution is -0.138. The summed E-state index contributed by atoms with van der Waals surface area (Å²) in [4.78, 5) is 14.3. The number of amides is 1. The zero-order valence-electron chi connectivity index (χ0n) is 10.5. The highest BCUT2D eigenvalue weighted by molar-refractivity contribution is 5.85. The highest BCUT2D eigenvalue weighted by Crippen LogP contribution is 2.46. The normalized spacial score (nSPS) is 24.9. The standard InChI is InChI=1S/C13H24N2O/c1-10(2)11-3-7-15(8-4-11)12(16)13(9-14)5-6-13/h10-11H,3-9,14H2,1-2H3. The van der Waals surface area contributed by atoms with Crippen LogP contribution in [0.15, 0.2) is 0 Å². The predicted octanol–water partition coefficient (Wildman–Crippen LogP) is 1.62. The number of carbonyl (C=O) groups excluding carboxylic acids is 1. The van der Waals surface area contributed by atoms with Gasteiger partial charge in [0.1, 0.15) is 0 Å². The molecule has 2 rings (SSSR count). The fourth-order valence-electron chi connectivity index (χ4n) is 2.76. The van der Waals surface area contributed by atoms with Crippen molar-refractivity contribution in [2.75, 3.05) is 19.6 Å². The van der Waals surface area contributed by atoms with Crippen LogP contribution in [-0.2, 0) is 4.79 Å². The van der Waals surface area contributed by atoms with Crippen molar-refractivity contribution in [2.45, 2.75) is 39.5 Å². The number of hydrogen-bond acceptors (Lipinski definition) is 2. The summed E-state index contributed by atoms with van der Waals surface area (Å²) in [6.07, 6.45) is 4.35. The van der Waals surface area contributed by atoms with Crippen molar-refractivity contribution >= 4 is 5.91 Å². The molecule has 2 N–H and O–H groups in total. The van der Waals surface area contributed by atoms with Crippen LogP contribution in [-0.4, -0.2) is 30.4 Å². The van der Waals surface area contributed by atoms with Crippen LogP contribution in [0.2, 0.25) is 0 Å². The van der Waals surface area contributed by atoms with E-state index >= 15 is 0 Å². The van der Waals surface area contributed by atoms with Gasteiger partial charge in [0.2, 0.25) is 5.91 Å². The van der Waals surface area contributed by atoms with Crippen LogP contribution < -0.4 is 5.73 Å². The molecule has 1 aliphatic heterocycles. The molecule has 0 atom stereocenters. The van der Waals surface area contributed by atoms with Crippen molar-refractivity contribution in [1.29, 1.82) is 0 Å². The topological polar surface area (TPSA) is 46.3 Å². The second-order valence-electron chi connectivity index (χ2n) is 5.86. The van der Waals surface area contributed by atoms with E-state index in [2.05, 4.69) is 18.7 Å². The maximum atomic E-state index is 12.2. The minimum absolute atomic E-state index is 0.148. The molecule has 1 amide bonds. The maximum Gasteiger partial charge on any atom is 0.230 e. The second-order valence-corrected chi connectivity index (χ2v) is 5.86. The first-order valence-electron chi connectivity index (χ1n) is 6.58. The highest BCUT2D eigenvalue weighted by Gasteiger charge is 2.50. The van der Waals surface area contributed by atoms with E-state index in [0.29, 0.717) is 12.5 Å². The lowest BCUT2D eigenvalue weighted by Crippen LogP contribution is -2.45. The number of hydrogen-bond donors (Lipinski definition) is 1. The van der Waals surface area contributed by atoms with Gasteiger partial charge in [0.05, 0.1) is 5.41 Å². The van der Waals surface area contributed by atoms with Crippen molar-refractivity contribution < 1.29 is 4.79 Å². The van der Waals surface area contributed by atoms with Crippen LogP contribution in [0.4, 0.5) is 0 Å². The Morgan fingerprint density at radius 3 is 2.31 bits per heavy atom. The summed E-state index contributed by atoms with van der Waals surface area (Å²) >= 11 is 0. The molecule has 0 bridgehead atoms. The fraction of sp³-hybridized carbons (Fsp3) is 0.923. The molecule has 2 aliphatic rings. The third kappa shape index (κ3) is 2.10. The molecule has 16 heavy (non-hydrogen) atoms. The lowest BCUT2D eigenvalue weighted by Gasteiger charge is -2.35. The molecule has 3 nitrogen and oxygen atoms in total. The first-order chi connectivity index (χ1) is 7.59. The van der Waals surface area contributed by atoms with E-state index in [4.69, 9.17) is 5.73 Å². The van der Waals surface area contributed by atoms with E-state index in [1.807, 2.05) is 0 Å².